The minimum atomic E-state index is -1.06. The maximum Gasteiger partial charge on any atom is 0.271 e. The molecule has 2 aliphatic heterocycles. The number of anilines is 1. The van der Waals surface area contributed by atoms with E-state index in [1.165, 1.54) is 4.90 Å². The van der Waals surface area contributed by atoms with Crippen molar-refractivity contribution in [2.24, 2.45) is 16.9 Å². The average molecular weight is 542 g/mol. The molecule has 0 saturated carbocycles. The molecule has 1 N–H and O–H groups in total. The Morgan fingerprint density at radius 1 is 0.829 bits per heavy atom. The summed E-state index contributed by atoms with van der Waals surface area (Å²) in [5, 5.41) is 4.47. The van der Waals surface area contributed by atoms with E-state index in [9.17, 15) is 14.4 Å². The molecule has 0 radical (unpaired) electrons. The SMILES string of the molecule is O=C(N/N=C\C12c3ccccc3C(c3ccccc31)[C@@H]1C(=O)N(c3ccccc3)C(=O)[C@@H]12)c1ccc2c(c1)OCO2. The molecule has 1 saturated heterocycles. The van der Waals surface area contributed by atoms with Gasteiger partial charge in [0.2, 0.25) is 18.6 Å². The van der Waals surface area contributed by atoms with Gasteiger partial charge in [0.25, 0.3) is 5.91 Å². The number of hydrazone groups is 1. The van der Waals surface area contributed by atoms with Crippen molar-refractivity contribution >= 4 is 29.6 Å². The number of fused-ring (bicyclic) bond motifs is 1. The maximum atomic E-state index is 14.3. The first-order valence-electron chi connectivity index (χ1n) is 13.5. The number of nitrogens with zero attached hydrogens (tertiary/aromatic N) is 2. The fourth-order valence-electron chi connectivity index (χ4n) is 7.18. The van der Waals surface area contributed by atoms with E-state index in [2.05, 4.69) is 10.5 Å². The second-order valence-electron chi connectivity index (χ2n) is 10.6. The van der Waals surface area contributed by atoms with Gasteiger partial charge in [0.05, 0.1) is 22.9 Å². The Morgan fingerprint density at radius 2 is 1.49 bits per heavy atom. The van der Waals surface area contributed by atoms with Gasteiger partial charge in [-0.25, -0.2) is 10.3 Å². The Hall–Kier alpha value is -5.24. The van der Waals surface area contributed by atoms with E-state index >= 15 is 0 Å². The molecule has 3 amide bonds. The molecule has 2 bridgehead atoms. The van der Waals surface area contributed by atoms with Crippen LogP contribution in [0.3, 0.4) is 0 Å². The lowest BCUT2D eigenvalue weighted by atomic mass is 9.47. The third kappa shape index (κ3) is 3.15. The number of benzene rings is 4. The summed E-state index contributed by atoms with van der Waals surface area (Å²) in [6.07, 6.45) is 1.66. The highest BCUT2D eigenvalue weighted by Crippen LogP contribution is 2.63. The van der Waals surface area contributed by atoms with Crippen LogP contribution in [0, 0.1) is 11.8 Å². The summed E-state index contributed by atoms with van der Waals surface area (Å²) in [6, 6.07) is 29.8. The van der Waals surface area contributed by atoms with Gasteiger partial charge in [0.1, 0.15) is 0 Å². The van der Waals surface area contributed by atoms with Crippen LogP contribution in [0.25, 0.3) is 0 Å². The van der Waals surface area contributed by atoms with Gasteiger partial charge in [0, 0.05) is 17.7 Å². The first kappa shape index (κ1) is 23.6. The summed E-state index contributed by atoms with van der Waals surface area (Å²) >= 11 is 0. The van der Waals surface area contributed by atoms with Crippen molar-refractivity contribution in [1.82, 2.24) is 5.43 Å². The van der Waals surface area contributed by atoms with Gasteiger partial charge in [-0.2, -0.15) is 5.10 Å². The van der Waals surface area contributed by atoms with E-state index in [1.54, 1.807) is 36.5 Å². The van der Waals surface area contributed by atoms with Crippen molar-refractivity contribution in [3.8, 4) is 11.5 Å². The molecule has 5 aliphatic rings. The predicted molar refractivity (Wildman–Crippen MR) is 150 cm³/mol. The number of amides is 3. The van der Waals surface area contributed by atoms with Gasteiger partial charge in [-0.15, -0.1) is 0 Å². The Morgan fingerprint density at radius 3 is 2.22 bits per heavy atom. The van der Waals surface area contributed by atoms with E-state index in [-0.39, 0.29) is 24.5 Å². The van der Waals surface area contributed by atoms with Gasteiger partial charge >= 0.3 is 0 Å². The zero-order chi connectivity index (χ0) is 27.7. The summed E-state index contributed by atoms with van der Waals surface area (Å²) < 4.78 is 10.8. The van der Waals surface area contributed by atoms with Crippen molar-refractivity contribution in [3.63, 3.8) is 0 Å². The number of hydrogen-bond donors (Lipinski definition) is 1. The molecular formula is C33H23N3O5. The summed E-state index contributed by atoms with van der Waals surface area (Å²) in [5.74, 6) is -1.45. The number of hydrogen-bond acceptors (Lipinski definition) is 6. The zero-order valence-electron chi connectivity index (χ0n) is 21.7. The van der Waals surface area contributed by atoms with E-state index in [0.29, 0.717) is 22.7 Å². The Balaban J connectivity index is 1.27. The molecule has 8 heteroatoms. The molecule has 2 heterocycles. The molecule has 4 aromatic rings. The topological polar surface area (TPSA) is 97.3 Å². The molecule has 0 aromatic heterocycles. The highest BCUT2D eigenvalue weighted by molar-refractivity contribution is 6.25. The highest BCUT2D eigenvalue weighted by Gasteiger charge is 2.68. The van der Waals surface area contributed by atoms with Crippen LogP contribution < -0.4 is 19.8 Å². The van der Waals surface area contributed by atoms with Crippen LogP contribution in [0.5, 0.6) is 11.5 Å². The molecule has 3 aliphatic carbocycles. The van der Waals surface area contributed by atoms with Crippen LogP contribution in [0.1, 0.15) is 38.5 Å². The fourth-order valence-corrected chi connectivity index (χ4v) is 7.18. The second-order valence-corrected chi connectivity index (χ2v) is 10.6. The third-order valence-corrected chi connectivity index (χ3v) is 8.77. The smallest absolute Gasteiger partial charge is 0.271 e. The number of ether oxygens (including phenoxy) is 2. The Bertz CT molecular complexity index is 1750. The van der Waals surface area contributed by atoms with E-state index < -0.39 is 23.2 Å². The standard InChI is InChI=1S/C33H23N3O5/c37-30(19-14-15-25-26(16-19)41-18-40-25)35-34-17-33-23-12-6-4-10-21(23)27(22-11-5-7-13-24(22)33)28-29(33)32(39)36(31(28)38)20-8-2-1-3-9-20/h1-17,27-29H,18H2,(H,35,37)/b34-17-/t27?,28-,29+,33?/m0/s1. The van der Waals surface area contributed by atoms with Gasteiger partial charge in [-0.3, -0.25) is 14.4 Å². The summed E-state index contributed by atoms with van der Waals surface area (Å²) in [7, 11) is 0. The van der Waals surface area contributed by atoms with E-state index in [0.717, 1.165) is 22.3 Å². The number of nitrogens with one attached hydrogen (secondary N) is 1. The Labute approximate surface area is 235 Å². The molecule has 0 unspecified atom stereocenters. The normalized spacial score (nSPS) is 24.8. The minimum Gasteiger partial charge on any atom is -0.454 e. The molecule has 200 valence electrons. The molecule has 4 aromatic carbocycles. The molecule has 0 spiro atoms. The predicted octanol–water partition coefficient (Wildman–Crippen LogP) is 4.38. The zero-order valence-corrected chi connectivity index (χ0v) is 21.7. The lowest BCUT2D eigenvalue weighted by molar-refractivity contribution is -0.122. The fraction of sp³-hybridized carbons (Fsp3) is 0.152. The van der Waals surface area contributed by atoms with Gasteiger partial charge in [-0.05, 0) is 52.6 Å². The van der Waals surface area contributed by atoms with Crippen LogP contribution in [-0.4, -0.2) is 30.7 Å². The number of carbonyl (C=O) groups is 3. The molecule has 41 heavy (non-hydrogen) atoms. The molecule has 1 fully saturated rings. The van der Waals surface area contributed by atoms with Crippen molar-refractivity contribution in [2.75, 3.05) is 11.7 Å². The number of para-hydroxylation sites is 1. The molecule has 2 atom stereocenters. The lowest BCUT2D eigenvalue weighted by Gasteiger charge is -2.52. The van der Waals surface area contributed by atoms with E-state index in [4.69, 9.17) is 9.47 Å². The maximum absolute atomic E-state index is 14.3. The largest absolute Gasteiger partial charge is 0.454 e. The second kappa shape index (κ2) is 8.63. The molecular weight excluding hydrogens is 518 g/mol. The van der Waals surface area contributed by atoms with Crippen LogP contribution in [-0.2, 0) is 15.0 Å². The van der Waals surface area contributed by atoms with Crippen LogP contribution in [0.15, 0.2) is 102 Å². The van der Waals surface area contributed by atoms with Crippen LogP contribution >= 0.6 is 0 Å². The summed E-state index contributed by atoms with van der Waals surface area (Å²) in [4.78, 5) is 42.9. The first-order valence-corrected chi connectivity index (χ1v) is 13.5. The van der Waals surface area contributed by atoms with Crippen LogP contribution in [0.2, 0.25) is 0 Å². The van der Waals surface area contributed by atoms with Gasteiger partial charge in [-0.1, -0.05) is 66.7 Å². The van der Waals surface area contributed by atoms with Gasteiger partial charge < -0.3 is 9.47 Å². The Kier molecular flexibility index (Phi) is 4.97. The number of rotatable bonds is 4. The number of carbonyl (C=O) groups excluding carboxylic acids is 3. The average Bonchev–Trinajstić information content (AvgIpc) is 3.59. The summed E-state index contributed by atoms with van der Waals surface area (Å²) in [6.45, 7) is 0.107. The van der Waals surface area contributed by atoms with Crippen molar-refractivity contribution < 1.29 is 23.9 Å². The lowest BCUT2D eigenvalue weighted by Crippen LogP contribution is -2.54. The van der Waals surface area contributed by atoms with Gasteiger partial charge in [0.15, 0.2) is 11.5 Å². The number of imide groups is 1. The van der Waals surface area contributed by atoms with E-state index in [1.807, 2.05) is 66.7 Å². The third-order valence-electron chi connectivity index (χ3n) is 8.77. The van der Waals surface area contributed by atoms with Crippen molar-refractivity contribution in [1.29, 1.82) is 0 Å². The van der Waals surface area contributed by atoms with Crippen LogP contribution in [0.4, 0.5) is 5.69 Å². The minimum absolute atomic E-state index is 0.107. The highest BCUT2D eigenvalue weighted by atomic mass is 16.7. The molecule has 9 rings (SSSR count). The van der Waals surface area contributed by atoms with Crippen molar-refractivity contribution in [3.05, 3.63) is 125 Å². The quantitative estimate of drug-likeness (QED) is 0.235. The first-order chi connectivity index (χ1) is 20.1. The molecule has 8 nitrogen and oxygen atoms in total. The monoisotopic (exact) mass is 541 g/mol. The van der Waals surface area contributed by atoms with Crippen molar-refractivity contribution in [2.45, 2.75) is 11.3 Å². The summed E-state index contributed by atoms with van der Waals surface area (Å²) in [5.41, 5.74) is 6.32.